The Morgan fingerprint density at radius 1 is 1.03 bits per heavy atom. The standard InChI is InChI=1S/C22H23N3O5/c1-15(26)20(25-21(27)16-5-9-18(24)10-6-16)4-2-3-13-29-22(28)17-7-11-19(12-8-17)30-14-23/h5-12,20H,2-4,13,24H2,1H3,(H,25,27). The number of esters is 1. The first-order chi connectivity index (χ1) is 14.4. The summed E-state index contributed by atoms with van der Waals surface area (Å²) in [4.78, 5) is 36.1. The number of nitriles is 1. The molecule has 0 saturated heterocycles. The highest BCUT2D eigenvalue weighted by Crippen LogP contribution is 2.13. The van der Waals surface area contributed by atoms with Crippen molar-refractivity contribution in [3.8, 4) is 12.0 Å². The molecule has 2 aromatic rings. The van der Waals surface area contributed by atoms with Crippen LogP contribution in [0.2, 0.25) is 0 Å². The lowest BCUT2D eigenvalue weighted by molar-refractivity contribution is -0.119. The van der Waals surface area contributed by atoms with E-state index in [9.17, 15) is 14.4 Å². The molecule has 0 bridgehead atoms. The van der Waals surface area contributed by atoms with Gasteiger partial charge in [0.25, 0.3) is 12.2 Å². The zero-order valence-corrected chi connectivity index (χ0v) is 16.6. The maximum absolute atomic E-state index is 12.3. The Kier molecular flexibility index (Phi) is 8.39. The number of ketones is 1. The molecule has 0 saturated carbocycles. The molecule has 156 valence electrons. The number of nitrogens with zero attached hydrogens (tertiary/aromatic N) is 1. The van der Waals surface area contributed by atoms with Gasteiger partial charge in [-0.2, -0.15) is 0 Å². The molecule has 1 unspecified atom stereocenters. The number of ether oxygens (including phenoxy) is 2. The molecule has 30 heavy (non-hydrogen) atoms. The smallest absolute Gasteiger partial charge is 0.338 e. The van der Waals surface area contributed by atoms with E-state index in [-0.39, 0.29) is 18.3 Å². The minimum atomic E-state index is -0.613. The Morgan fingerprint density at radius 2 is 1.67 bits per heavy atom. The summed E-state index contributed by atoms with van der Waals surface area (Å²) in [5.41, 5.74) is 6.93. The zero-order chi connectivity index (χ0) is 21.9. The van der Waals surface area contributed by atoms with Crippen molar-refractivity contribution in [2.24, 2.45) is 0 Å². The number of hydrogen-bond acceptors (Lipinski definition) is 7. The van der Waals surface area contributed by atoms with Gasteiger partial charge in [-0.3, -0.25) is 9.59 Å². The lowest BCUT2D eigenvalue weighted by Gasteiger charge is -2.16. The number of amides is 1. The molecular weight excluding hydrogens is 386 g/mol. The van der Waals surface area contributed by atoms with Crippen LogP contribution in [0.1, 0.15) is 46.9 Å². The molecule has 0 radical (unpaired) electrons. The molecule has 0 aliphatic rings. The molecule has 2 rings (SSSR count). The van der Waals surface area contributed by atoms with E-state index in [0.717, 1.165) is 0 Å². The second-order valence-electron chi connectivity index (χ2n) is 6.61. The summed E-state index contributed by atoms with van der Waals surface area (Å²) >= 11 is 0. The zero-order valence-electron chi connectivity index (χ0n) is 16.6. The monoisotopic (exact) mass is 409 g/mol. The predicted octanol–water partition coefficient (Wildman–Crippen LogP) is 2.84. The fourth-order valence-corrected chi connectivity index (χ4v) is 2.66. The van der Waals surface area contributed by atoms with Gasteiger partial charge in [-0.05, 0) is 74.7 Å². The van der Waals surface area contributed by atoms with E-state index >= 15 is 0 Å². The number of rotatable bonds is 10. The van der Waals surface area contributed by atoms with Crippen molar-refractivity contribution in [2.45, 2.75) is 32.2 Å². The topological polar surface area (TPSA) is 132 Å². The number of unbranched alkanes of at least 4 members (excludes halogenated alkanes) is 1. The van der Waals surface area contributed by atoms with E-state index < -0.39 is 12.0 Å². The minimum absolute atomic E-state index is 0.143. The van der Waals surface area contributed by atoms with Gasteiger partial charge in [0.05, 0.1) is 18.2 Å². The van der Waals surface area contributed by atoms with Crippen LogP contribution in [0.5, 0.6) is 5.75 Å². The fourth-order valence-electron chi connectivity index (χ4n) is 2.66. The van der Waals surface area contributed by atoms with E-state index in [2.05, 4.69) is 10.1 Å². The van der Waals surface area contributed by atoms with Crippen molar-refractivity contribution in [1.29, 1.82) is 5.26 Å². The summed E-state index contributed by atoms with van der Waals surface area (Å²) in [5, 5.41) is 11.2. The second kappa shape index (κ2) is 11.2. The van der Waals surface area contributed by atoms with Crippen LogP contribution in [-0.2, 0) is 9.53 Å². The molecule has 8 nitrogen and oxygen atoms in total. The van der Waals surface area contributed by atoms with Crippen LogP contribution in [0, 0.1) is 11.5 Å². The van der Waals surface area contributed by atoms with Crippen molar-refractivity contribution in [1.82, 2.24) is 5.32 Å². The number of nitrogens with two attached hydrogens (primary N) is 1. The number of hydrogen-bond donors (Lipinski definition) is 2. The molecule has 0 aliphatic carbocycles. The van der Waals surface area contributed by atoms with Gasteiger partial charge < -0.3 is 20.5 Å². The van der Waals surface area contributed by atoms with Gasteiger partial charge >= 0.3 is 5.97 Å². The fraction of sp³-hybridized carbons (Fsp3) is 0.273. The number of carbonyl (C=O) groups is 3. The maximum Gasteiger partial charge on any atom is 0.338 e. The van der Waals surface area contributed by atoms with Crippen molar-refractivity contribution in [3.63, 3.8) is 0 Å². The lowest BCUT2D eigenvalue weighted by atomic mass is 10.1. The number of anilines is 1. The van der Waals surface area contributed by atoms with Crippen LogP contribution in [0.15, 0.2) is 48.5 Å². The van der Waals surface area contributed by atoms with Crippen LogP contribution in [0.25, 0.3) is 0 Å². The van der Waals surface area contributed by atoms with Gasteiger partial charge in [0, 0.05) is 11.3 Å². The molecular formula is C22H23N3O5. The van der Waals surface area contributed by atoms with E-state index in [0.29, 0.717) is 41.8 Å². The van der Waals surface area contributed by atoms with Gasteiger partial charge in [0.15, 0.2) is 5.78 Å². The molecule has 8 heteroatoms. The molecule has 0 fully saturated rings. The van der Waals surface area contributed by atoms with Crippen molar-refractivity contribution in [3.05, 3.63) is 59.7 Å². The number of Topliss-reactive ketones (excluding diaryl/α,β-unsaturated/α-hetero) is 1. The van der Waals surface area contributed by atoms with E-state index in [1.807, 2.05) is 0 Å². The van der Waals surface area contributed by atoms with Crippen LogP contribution in [0.3, 0.4) is 0 Å². The minimum Gasteiger partial charge on any atom is -0.462 e. The first-order valence-corrected chi connectivity index (χ1v) is 9.40. The molecule has 0 aromatic heterocycles. The van der Waals surface area contributed by atoms with Crippen molar-refractivity contribution < 1.29 is 23.9 Å². The average Bonchev–Trinajstić information content (AvgIpc) is 2.73. The summed E-state index contributed by atoms with van der Waals surface area (Å²) in [6.07, 6.45) is 3.12. The van der Waals surface area contributed by atoms with Gasteiger partial charge in [-0.15, -0.1) is 5.26 Å². The Bertz CT molecular complexity index is 917. The average molecular weight is 409 g/mol. The third kappa shape index (κ3) is 6.95. The van der Waals surface area contributed by atoms with Crippen molar-refractivity contribution >= 4 is 23.3 Å². The Hall–Kier alpha value is -3.86. The molecule has 1 atom stereocenters. The quantitative estimate of drug-likeness (QED) is 0.267. The van der Waals surface area contributed by atoms with Crippen LogP contribution in [0.4, 0.5) is 5.69 Å². The van der Waals surface area contributed by atoms with Gasteiger partial charge in [-0.1, -0.05) is 0 Å². The number of benzene rings is 2. The largest absolute Gasteiger partial charge is 0.462 e. The first kappa shape index (κ1) is 22.4. The van der Waals surface area contributed by atoms with Gasteiger partial charge in [-0.25, -0.2) is 4.79 Å². The highest BCUT2D eigenvalue weighted by Gasteiger charge is 2.18. The molecule has 3 N–H and O–H groups in total. The molecule has 0 aliphatic heterocycles. The summed E-state index contributed by atoms with van der Waals surface area (Å²) in [7, 11) is 0. The highest BCUT2D eigenvalue weighted by molar-refractivity contribution is 5.97. The Balaban J connectivity index is 1.74. The van der Waals surface area contributed by atoms with Crippen LogP contribution >= 0.6 is 0 Å². The SMILES string of the molecule is CC(=O)C(CCCCOC(=O)c1ccc(OC#N)cc1)NC(=O)c1ccc(N)cc1. The summed E-state index contributed by atoms with van der Waals surface area (Å²) in [6, 6.07) is 11.8. The molecule has 0 heterocycles. The predicted molar refractivity (Wildman–Crippen MR) is 110 cm³/mol. The number of nitrogens with one attached hydrogen (secondary N) is 1. The van der Waals surface area contributed by atoms with Gasteiger partial charge in [0.1, 0.15) is 5.75 Å². The number of carbonyl (C=O) groups excluding carboxylic acids is 3. The van der Waals surface area contributed by atoms with E-state index in [4.69, 9.17) is 15.7 Å². The Morgan fingerprint density at radius 3 is 2.27 bits per heavy atom. The van der Waals surface area contributed by atoms with E-state index in [1.54, 1.807) is 30.5 Å². The third-order valence-electron chi connectivity index (χ3n) is 4.34. The maximum atomic E-state index is 12.3. The second-order valence-corrected chi connectivity index (χ2v) is 6.61. The van der Waals surface area contributed by atoms with Gasteiger partial charge in [0.2, 0.25) is 0 Å². The van der Waals surface area contributed by atoms with Crippen molar-refractivity contribution in [2.75, 3.05) is 12.3 Å². The normalized spacial score (nSPS) is 11.1. The third-order valence-corrected chi connectivity index (χ3v) is 4.34. The van der Waals surface area contributed by atoms with E-state index in [1.165, 1.54) is 31.2 Å². The Labute approximate surface area is 174 Å². The molecule has 0 spiro atoms. The highest BCUT2D eigenvalue weighted by atomic mass is 16.5. The van der Waals surface area contributed by atoms with Crippen LogP contribution < -0.4 is 15.8 Å². The van der Waals surface area contributed by atoms with Crippen LogP contribution in [-0.4, -0.2) is 30.3 Å². The number of nitrogen functional groups attached to an aromatic ring is 1. The molecule has 2 aromatic carbocycles. The summed E-state index contributed by atoms with van der Waals surface area (Å²) < 4.78 is 9.85. The summed E-state index contributed by atoms with van der Waals surface area (Å²) in [5.74, 6) is -0.635. The molecule has 1 amide bonds. The summed E-state index contributed by atoms with van der Waals surface area (Å²) in [6.45, 7) is 1.61. The first-order valence-electron chi connectivity index (χ1n) is 9.40. The lowest BCUT2D eigenvalue weighted by Crippen LogP contribution is -2.39.